The topological polar surface area (TPSA) is 17.0 Å². The molecule has 0 aliphatic carbocycles. The minimum Gasteiger partial charge on any atom is -0.455 e. The summed E-state index contributed by atoms with van der Waals surface area (Å²) in [6.07, 6.45) is 0. The Bertz CT molecular complexity index is 1500. The van der Waals surface area contributed by atoms with Gasteiger partial charge in [0.2, 0.25) is 11.2 Å². The van der Waals surface area contributed by atoms with Gasteiger partial charge in [0.1, 0.15) is 18.2 Å². The highest BCUT2D eigenvalue weighted by Crippen LogP contribution is 2.39. The molecule has 5 aromatic rings. The van der Waals surface area contributed by atoms with Gasteiger partial charge in [0.15, 0.2) is 0 Å². The van der Waals surface area contributed by atoms with E-state index in [0.29, 0.717) is 0 Å². The number of aromatic nitrogens is 1. The smallest absolute Gasteiger partial charge is 0.216 e. The molecular weight excluding hydrogens is 394 g/mol. The number of nitrogens with zero attached hydrogens (tertiary/aromatic N) is 1. The van der Waals surface area contributed by atoms with E-state index in [-0.39, 0.29) is 0 Å². The molecule has 0 aliphatic heterocycles. The summed E-state index contributed by atoms with van der Waals surface area (Å²) in [5, 5.41) is 5.27. The minimum absolute atomic E-state index is 0.968. The summed E-state index contributed by atoms with van der Waals surface area (Å²) in [6.45, 7) is 13.9. The molecule has 31 heavy (non-hydrogen) atoms. The largest absolute Gasteiger partial charge is 0.455 e. The molecule has 0 amide bonds. The van der Waals surface area contributed by atoms with Gasteiger partial charge in [0.05, 0.1) is 13.6 Å². The van der Waals surface area contributed by atoms with E-state index in [1.807, 2.05) is 0 Å². The molecule has 2 nitrogen and oxygen atoms in total. The van der Waals surface area contributed by atoms with Crippen molar-refractivity contribution in [3.8, 4) is 11.3 Å². The van der Waals surface area contributed by atoms with Crippen LogP contribution in [0.15, 0.2) is 59.0 Å². The first kappa shape index (κ1) is 20.0. The quantitative estimate of drug-likeness (QED) is 0.228. The number of hydrogen-bond acceptors (Lipinski definition) is 1. The van der Waals surface area contributed by atoms with Gasteiger partial charge in [-0.2, -0.15) is 4.57 Å². The van der Waals surface area contributed by atoms with Crippen molar-refractivity contribution < 1.29 is 8.98 Å². The van der Waals surface area contributed by atoms with Crippen LogP contribution in [0.1, 0.15) is 16.7 Å². The molecule has 5 rings (SSSR count). The fourth-order valence-corrected chi connectivity index (χ4v) is 6.44. The van der Waals surface area contributed by atoms with E-state index < -0.39 is 8.07 Å². The molecule has 0 saturated heterocycles. The first-order chi connectivity index (χ1) is 14.7. The second kappa shape index (κ2) is 6.79. The standard InChI is InChI=1S/C28H30NOSi/c1-17-12-13-20-22-15-18(2)19(3)27(28(22)30-25(20)14-17)24-16-26(31(5,6)7)21-10-8-9-11-23(21)29(24)4/h8-16H,1-7H3/q+1. The number of furan rings is 1. The highest BCUT2D eigenvalue weighted by atomic mass is 28.3. The van der Waals surface area contributed by atoms with Crippen LogP contribution in [0.4, 0.5) is 0 Å². The lowest BCUT2D eigenvalue weighted by Gasteiger charge is -2.20. The van der Waals surface area contributed by atoms with Crippen molar-refractivity contribution in [1.29, 1.82) is 0 Å². The zero-order chi connectivity index (χ0) is 22.1. The molecule has 0 radical (unpaired) electrons. The van der Waals surface area contributed by atoms with E-state index in [2.05, 4.69) is 107 Å². The van der Waals surface area contributed by atoms with Crippen molar-refractivity contribution in [2.75, 3.05) is 0 Å². The van der Waals surface area contributed by atoms with Crippen LogP contribution >= 0.6 is 0 Å². The van der Waals surface area contributed by atoms with Crippen LogP contribution in [-0.2, 0) is 7.05 Å². The molecular formula is C28H30NOSi+. The average Bonchev–Trinajstić information content (AvgIpc) is 3.06. The summed E-state index contributed by atoms with van der Waals surface area (Å²) < 4.78 is 8.89. The summed E-state index contributed by atoms with van der Waals surface area (Å²) in [4.78, 5) is 0. The van der Waals surface area contributed by atoms with Crippen molar-refractivity contribution in [2.45, 2.75) is 40.4 Å². The van der Waals surface area contributed by atoms with Crippen LogP contribution in [0.25, 0.3) is 44.1 Å². The zero-order valence-electron chi connectivity index (χ0n) is 19.6. The number of fused-ring (bicyclic) bond motifs is 4. The summed E-state index contributed by atoms with van der Waals surface area (Å²) >= 11 is 0. The van der Waals surface area contributed by atoms with Gasteiger partial charge >= 0.3 is 0 Å². The molecule has 156 valence electrons. The Balaban J connectivity index is 1.97. The van der Waals surface area contributed by atoms with Crippen LogP contribution in [-0.4, -0.2) is 8.07 Å². The lowest BCUT2D eigenvalue weighted by molar-refractivity contribution is -0.633. The van der Waals surface area contributed by atoms with Crippen molar-refractivity contribution in [1.82, 2.24) is 0 Å². The van der Waals surface area contributed by atoms with Gasteiger partial charge in [-0.1, -0.05) is 43.9 Å². The van der Waals surface area contributed by atoms with Gasteiger partial charge in [0.25, 0.3) is 0 Å². The summed E-state index contributed by atoms with van der Waals surface area (Å²) in [5.41, 5.74) is 9.50. The molecule has 2 aromatic heterocycles. The lowest BCUT2D eigenvalue weighted by atomic mass is 9.95. The van der Waals surface area contributed by atoms with Gasteiger partial charge < -0.3 is 4.42 Å². The summed E-state index contributed by atoms with van der Waals surface area (Å²) in [7, 11) is 0.620. The van der Waals surface area contributed by atoms with E-state index in [1.54, 1.807) is 0 Å². The Morgan fingerprint density at radius 2 is 1.55 bits per heavy atom. The van der Waals surface area contributed by atoms with E-state index in [1.165, 1.54) is 54.8 Å². The minimum atomic E-state index is -1.57. The second-order valence-corrected chi connectivity index (χ2v) is 15.0. The van der Waals surface area contributed by atoms with Crippen LogP contribution in [0.2, 0.25) is 19.6 Å². The first-order valence-corrected chi connectivity index (χ1v) is 14.5. The maximum Gasteiger partial charge on any atom is 0.216 e. The molecule has 0 bridgehead atoms. The number of pyridine rings is 1. The van der Waals surface area contributed by atoms with Crippen LogP contribution in [0.5, 0.6) is 0 Å². The number of hydrogen-bond donors (Lipinski definition) is 0. The SMILES string of the molecule is Cc1ccc2c(c1)oc1c(-c3cc([Si](C)(C)C)c4ccccc4[n+]3C)c(C)c(C)cc12. The van der Waals surface area contributed by atoms with Crippen LogP contribution < -0.4 is 9.75 Å². The van der Waals surface area contributed by atoms with E-state index in [0.717, 1.165) is 11.2 Å². The van der Waals surface area contributed by atoms with Crippen LogP contribution in [0, 0.1) is 20.8 Å². The van der Waals surface area contributed by atoms with Gasteiger partial charge in [-0.05, 0) is 60.8 Å². The zero-order valence-corrected chi connectivity index (χ0v) is 20.6. The number of rotatable bonds is 2. The van der Waals surface area contributed by atoms with Crippen molar-refractivity contribution in [2.24, 2.45) is 7.05 Å². The fraction of sp³-hybridized carbons (Fsp3) is 0.250. The molecule has 3 aromatic carbocycles. The Morgan fingerprint density at radius 1 is 0.806 bits per heavy atom. The monoisotopic (exact) mass is 424 g/mol. The van der Waals surface area contributed by atoms with E-state index in [9.17, 15) is 0 Å². The Hall–Kier alpha value is -2.91. The van der Waals surface area contributed by atoms with Crippen LogP contribution in [0.3, 0.4) is 0 Å². The molecule has 0 aliphatic rings. The van der Waals surface area contributed by atoms with Crippen molar-refractivity contribution >= 4 is 46.1 Å². The number of aryl methyl sites for hydroxylation is 3. The molecule has 2 heterocycles. The third-order valence-electron chi connectivity index (χ3n) is 6.70. The van der Waals surface area contributed by atoms with Gasteiger partial charge in [-0.3, -0.25) is 0 Å². The Kier molecular flexibility index (Phi) is 4.39. The number of para-hydroxylation sites is 1. The molecule has 0 saturated carbocycles. The Labute approximate surface area is 185 Å². The molecule has 0 spiro atoms. The van der Waals surface area contributed by atoms with E-state index >= 15 is 0 Å². The fourth-order valence-electron chi connectivity index (χ4n) is 4.85. The number of benzene rings is 3. The maximum absolute atomic E-state index is 6.55. The van der Waals surface area contributed by atoms with Crippen molar-refractivity contribution in [3.05, 3.63) is 71.3 Å². The lowest BCUT2D eigenvalue weighted by Crippen LogP contribution is -2.43. The molecule has 0 unspecified atom stereocenters. The van der Waals surface area contributed by atoms with E-state index in [4.69, 9.17) is 4.42 Å². The summed E-state index contributed by atoms with van der Waals surface area (Å²) in [5.74, 6) is 0. The highest BCUT2D eigenvalue weighted by Gasteiger charge is 2.29. The summed E-state index contributed by atoms with van der Waals surface area (Å²) in [6, 6.07) is 20.1. The average molecular weight is 425 g/mol. The van der Waals surface area contributed by atoms with Gasteiger partial charge in [0, 0.05) is 28.3 Å². The molecule has 0 N–H and O–H groups in total. The maximum atomic E-state index is 6.55. The predicted molar refractivity (Wildman–Crippen MR) is 135 cm³/mol. The predicted octanol–water partition coefficient (Wildman–Crippen LogP) is 6.70. The van der Waals surface area contributed by atoms with Gasteiger partial charge in [-0.25, -0.2) is 0 Å². The third kappa shape index (κ3) is 3.02. The second-order valence-electron chi connectivity index (χ2n) is 9.94. The van der Waals surface area contributed by atoms with Gasteiger partial charge in [-0.15, -0.1) is 0 Å². The normalized spacial score (nSPS) is 12.4. The molecule has 3 heteroatoms. The Morgan fingerprint density at radius 3 is 2.29 bits per heavy atom. The highest BCUT2D eigenvalue weighted by molar-refractivity contribution is 6.90. The third-order valence-corrected chi connectivity index (χ3v) is 8.73. The molecule has 0 atom stereocenters. The first-order valence-electron chi connectivity index (χ1n) is 11.0. The van der Waals surface area contributed by atoms with Crippen molar-refractivity contribution in [3.63, 3.8) is 0 Å². The molecule has 0 fully saturated rings.